The Bertz CT molecular complexity index is 602. The van der Waals surface area contributed by atoms with Gasteiger partial charge in [0.15, 0.2) is 5.13 Å². The molecule has 0 unspecified atom stereocenters. The lowest BCUT2D eigenvalue weighted by atomic mass is 10.3. The first-order valence-corrected chi connectivity index (χ1v) is 5.53. The van der Waals surface area contributed by atoms with Crippen LogP contribution in [0.15, 0.2) is 36.4 Å². The molecule has 3 heterocycles. The van der Waals surface area contributed by atoms with Crippen LogP contribution in [-0.2, 0) is 0 Å². The molecule has 0 radical (unpaired) electrons. The highest BCUT2D eigenvalue weighted by Gasteiger charge is 2.04. The minimum atomic E-state index is 0.730. The fourth-order valence-corrected chi connectivity index (χ4v) is 1.91. The van der Waals surface area contributed by atoms with Gasteiger partial charge in [-0.25, -0.2) is 15.0 Å². The van der Waals surface area contributed by atoms with Crippen LogP contribution >= 0.6 is 11.3 Å². The van der Waals surface area contributed by atoms with Crippen LogP contribution in [-0.4, -0.2) is 19.9 Å². The smallest absolute Gasteiger partial charge is 0.188 e. The van der Waals surface area contributed by atoms with Gasteiger partial charge in [0.25, 0.3) is 0 Å². The molecule has 6 heteroatoms. The highest BCUT2D eigenvalue weighted by Crippen LogP contribution is 2.22. The Hall–Kier alpha value is -2.08. The Morgan fingerprint density at radius 3 is 3.00 bits per heavy atom. The summed E-state index contributed by atoms with van der Waals surface area (Å²) < 4.78 is 0. The van der Waals surface area contributed by atoms with Crippen LogP contribution in [0, 0.1) is 0 Å². The van der Waals surface area contributed by atoms with Gasteiger partial charge in [-0.1, -0.05) is 0 Å². The maximum absolute atomic E-state index is 4.19. The van der Waals surface area contributed by atoms with Crippen LogP contribution in [0.3, 0.4) is 0 Å². The molecule has 16 heavy (non-hydrogen) atoms. The van der Waals surface area contributed by atoms with Gasteiger partial charge < -0.3 is 5.32 Å². The van der Waals surface area contributed by atoms with Crippen molar-refractivity contribution >= 4 is 33.2 Å². The summed E-state index contributed by atoms with van der Waals surface area (Å²) in [6.45, 7) is 0. The van der Waals surface area contributed by atoms with Gasteiger partial charge in [0.1, 0.15) is 12.1 Å². The van der Waals surface area contributed by atoms with Crippen LogP contribution in [0.25, 0.3) is 10.9 Å². The van der Waals surface area contributed by atoms with E-state index in [0.717, 1.165) is 21.9 Å². The zero-order valence-corrected chi connectivity index (χ0v) is 8.98. The second-order valence-electron chi connectivity index (χ2n) is 3.08. The maximum atomic E-state index is 4.19. The van der Waals surface area contributed by atoms with Crippen molar-refractivity contribution in [1.29, 1.82) is 0 Å². The van der Waals surface area contributed by atoms with Crippen LogP contribution in [0.2, 0.25) is 0 Å². The molecule has 0 fully saturated rings. The average molecular weight is 229 g/mol. The summed E-state index contributed by atoms with van der Waals surface area (Å²) in [7, 11) is 0. The van der Waals surface area contributed by atoms with Crippen molar-refractivity contribution in [2.75, 3.05) is 5.32 Å². The van der Waals surface area contributed by atoms with E-state index >= 15 is 0 Å². The highest BCUT2D eigenvalue weighted by atomic mass is 32.1. The number of rotatable bonds is 2. The topological polar surface area (TPSA) is 63.6 Å². The third-order valence-electron chi connectivity index (χ3n) is 2.09. The Labute approximate surface area is 95.2 Å². The van der Waals surface area contributed by atoms with Crippen LogP contribution in [0.4, 0.5) is 10.9 Å². The minimum Gasteiger partial charge on any atom is -0.316 e. The van der Waals surface area contributed by atoms with Crippen molar-refractivity contribution in [2.45, 2.75) is 0 Å². The maximum Gasteiger partial charge on any atom is 0.188 e. The molecule has 0 spiro atoms. The first-order valence-electron chi connectivity index (χ1n) is 4.65. The molecule has 3 rings (SSSR count). The lowest BCUT2D eigenvalue weighted by Crippen LogP contribution is -1.95. The average Bonchev–Trinajstić information content (AvgIpc) is 2.82. The second kappa shape index (κ2) is 3.82. The molecule has 0 saturated heterocycles. The van der Waals surface area contributed by atoms with Crippen molar-refractivity contribution in [3.8, 4) is 0 Å². The quantitative estimate of drug-likeness (QED) is 0.730. The summed E-state index contributed by atoms with van der Waals surface area (Å²) in [4.78, 5) is 16.6. The van der Waals surface area contributed by atoms with E-state index in [0.29, 0.717) is 0 Å². The predicted molar refractivity (Wildman–Crippen MR) is 62.7 cm³/mol. The number of anilines is 2. The molecular weight excluding hydrogens is 222 g/mol. The number of nitrogens with zero attached hydrogens (tertiary/aromatic N) is 4. The molecule has 0 aliphatic heterocycles. The number of thiazole rings is 1. The Kier molecular flexibility index (Phi) is 2.19. The van der Waals surface area contributed by atoms with Gasteiger partial charge >= 0.3 is 0 Å². The summed E-state index contributed by atoms with van der Waals surface area (Å²) in [5, 5.41) is 6.75. The van der Waals surface area contributed by atoms with Crippen molar-refractivity contribution in [3.05, 3.63) is 36.4 Å². The van der Waals surface area contributed by atoms with E-state index in [9.17, 15) is 0 Å². The number of pyridine rings is 1. The van der Waals surface area contributed by atoms with Crippen LogP contribution in [0.5, 0.6) is 0 Å². The highest BCUT2D eigenvalue weighted by molar-refractivity contribution is 7.13. The summed E-state index contributed by atoms with van der Waals surface area (Å²) in [5.41, 5.74) is 0.865. The first-order chi connectivity index (χ1) is 7.93. The van der Waals surface area contributed by atoms with E-state index in [1.54, 1.807) is 18.6 Å². The molecular formula is C10H7N5S. The van der Waals surface area contributed by atoms with E-state index in [-0.39, 0.29) is 0 Å². The molecule has 3 aromatic rings. The monoisotopic (exact) mass is 229 g/mol. The van der Waals surface area contributed by atoms with Crippen molar-refractivity contribution in [2.24, 2.45) is 0 Å². The Balaban J connectivity index is 2.10. The standard InChI is InChI=1S/C10H7N5S/c1-2-11-5-7-8(1)13-6-14-9(7)15-10-12-3-4-16-10/h1-6H,(H,12,13,14,15). The molecule has 0 atom stereocenters. The zero-order valence-electron chi connectivity index (χ0n) is 8.16. The third kappa shape index (κ3) is 1.59. The normalized spacial score (nSPS) is 10.5. The number of fused-ring (bicyclic) bond motifs is 1. The zero-order chi connectivity index (χ0) is 10.8. The number of nitrogens with one attached hydrogen (secondary N) is 1. The van der Waals surface area contributed by atoms with Crippen molar-refractivity contribution in [1.82, 2.24) is 19.9 Å². The fourth-order valence-electron chi connectivity index (χ4n) is 1.39. The van der Waals surface area contributed by atoms with Gasteiger partial charge in [-0.3, -0.25) is 4.98 Å². The molecule has 78 valence electrons. The molecule has 0 saturated carbocycles. The van der Waals surface area contributed by atoms with E-state index in [4.69, 9.17) is 0 Å². The van der Waals surface area contributed by atoms with Gasteiger partial charge in [0, 0.05) is 24.0 Å². The molecule has 0 bridgehead atoms. The number of hydrogen-bond acceptors (Lipinski definition) is 6. The van der Waals surface area contributed by atoms with Gasteiger partial charge in [-0.05, 0) is 6.07 Å². The predicted octanol–water partition coefficient (Wildman–Crippen LogP) is 2.22. The lowest BCUT2D eigenvalue weighted by Gasteiger charge is -2.04. The third-order valence-corrected chi connectivity index (χ3v) is 2.78. The summed E-state index contributed by atoms with van der Waals surface area (Å²) >= 11 is 1.52. The molecule has 0 amide bonds. The van der Waals surface area contributed by atoms with Gasteiger partial charge in [-0.15, -0.1) is 11.3 Å². The summed E-state index contributed by atoms with van der Waals surface area (Å²) in [6, 6.07) is 1.85. The number of hydrogen-bond donors (Lipinski definition) is 1. The van der Waals surface area contributed by atoms with E-state index < -0.39 is 0 Å². The number of aromatic nitrogens is 4. The van der Waals surface area contributed by atoms with Gasteiger partial charge in [-0.2, -0.15) is 0 Å². The van der Waals surface area contributed by atoms with E-state index in [1.165, 1.54) is 17.7 Å². The van der Waals surface area contributed by atoms with Crippen LogP contribution < -0.4 is 5.32 Å². The fraction of sp³-hybridized carbons (Fsp3) is 0. The van der Waals surface area contributed by atoms with Crippen molar-refractivity contribution in [3.63, 3.8) is 0 Å². The Morgan fingerprint density at radius 1 is 1.12 bits per heavy atom. The second-order valence-corrected chi connectivity index (χ2v) is 3.97. The van der Waals surface area contributed by atoms with Gasteiger partial charge in [0.2, 0.25) is 0 Å². The van der Waals surface area contributed by atoms with E-state index in [1.807, 2.05) is 11.4 Å². The Morgan fingerprint density at radius 2 is 2.12 bits per heavy atom. The van der Waals surface area contributed by atoms with E-state index in [2.05, 4.69) is 25.3 Å². The molecule has 1 N–H and O–H groups in total. The van der Waals surface area contributed by atoms with Crippen LogP contribution in [0.1, 0.15) is 0 Å². The SMILES string of the molecule is c1cc2ncnc(Nc3nccs3)c2cn1. The van der Waals surface area contributed by atoms with Gasteiger partial charge in [0.05, 0.1) is 10.9 Å². The molecule has 0 aliphatic carbocycles. The minimum absolute atomic E-state index is 0.730. The lowest BCUT2D eigenvalue weighted by molar-refractivity contribution is 1.20. The molecule has 0 aliphatic rings. The summed E-state index contributed by atoms with van der Waals surface area (Å²) in [6.07, 6.45) is 6.72. The molecule has 0 aromatic carbocycles. The largest absolute Gasteiger partial charge is 0.316 e. The van der Waals surface area contributed by atoms with Crippen molar-refractivity contribution < 1.29 is 0 Å². The molecule has 5 nitrogen and oxygen atoms in total. The first kappa shape index (κ1) is 9.17. The molecule has 3 aromatic heterocycles. The summed E-state index contributed by atoms with van der Waals surface area (Å²) in [5.74, 6) is 0.730.